The second-order valence-corrected chi connectivity index (χ2v) is 18.5. The van der Waals surface area contributed by atoms with Crippen LogP contribution in [0.4, 0.5) is 0 Å². The molecule has 3 heterocycles. The van der Waals surface area contributed by atoms with E-state index < -0.39 is 126 Å². The summed E-state index contributed by atoms with van der Waals surface area (Å²) in [6.07, 6.45) is 0.0670. The highest BCUT2D eigenvalue weighted by molar-refractivity contribution is 5.99. The van der Waals surface area contributed by atoms with Gasteiger partial charge in [-0.2, -0.15) is 0 Å². The molecule has 0 bridgehead atoms. The molecule has 0 aromatic heterocycles. The summed E-state index contributed by atoms with van der Waals surface area (Å²) in [4.78, 5) is 125. The fourth-order valence-electron chi connectivity index (χ4n) is 9.02. The zero-order chi connectivity index (χ0) is 52.5. The van der Waals surface area contributed by atoms with Crippen LogP contribution in [0.5, 0.6) is 5.75 Å². The number of nitrogens with two attached hydrogens (primary N) is 3. The SMILES string of the molecule is C[C@H](N)C(=O)N[C@@H](CCCCN)C(=O)N1C[C@H](O)C[C@H]1C(=O)N[C@@H](CO)C(=O)N1CCC[C@H]1C(=O)N[C@H](C(=O)N[C@@H](Cc1ccc(O)cc1)C(=O)N1CCC[C@H]1C(=O)N[C@@H](CCCCN)C(=O)O)[C@@H](C)O. The number of carboxylic acids is 1. The summed E-state index contributed by atoms with van der Waals surface area (Å²) < 4.78 is 0. The van der Waals surface area contributed by atoms with Crippen LogP contribution in [0.2, 0.25) is 0 Å². The van der Waals surface area contributed by atoms with Crippen molar-refractivity contribution in [1.82, 2.24) is 41.3 Å². The largest absolute Gasteiger partial charge is 0.508 e. The van der Waals surface area contributed by atoms with Gasteiger partial charge in [0.15, 0.2) is 0 Å². The number of hydrogen-bond donors (Lipinski definition) is 13. The lowest BCUT2D eigenvalue weighted by Gasteiger charge is -2.32. The fraction of sp³-hybridized carbons (Fsp3) is 0.674. The monoisotopic (exact) mass is 1000 g/mol. The van der Waals surface area contributed by atoms with E-state index in [9.17, 15) is 68.7 Å². The quantitative estimate of drug-likeness (QED) is 0.0388. The number of unbranched alkanes of at least 4 members (excludes halogenated alkanes) is 2. The lowest BCUT2D eigenvalue weighted by molar-refractivity contribution is -0.146. The van der Waals surface area contributed by atoms with Crippen LogP contribution in [0.25, 0.3) is 0 Å². The Balaban J connectivity index is 1.48. The van der Waals surface area contributed by atoms with Gasteiger partial charge in [0.25, 0.3) is 0 Å². The molecule has 4 rings (SSSR count). The van der Waals surface area contributed by atoms with Crippen molar-refractivity contribution in [3.8, 4) is 5.75 Å². The molecule has 0 radical (unpaired) electrons. The summed E-state index contributed by atoms with van der Waals surface area (Å²) in [6.45, 7) is 2.18. The van der Waals surface area contributed by atoms with E-state index in [1.807, 2.05) is 0 Å². The molecule has 8 amide bonds. The Morgan fingerprint density at radius 2 is 1.15 bits per heavy atom. The average Bonchev–Trinajstić information content (AvgIpc) is 4.12. The van der Waals surface area contributed by atoms with Crippen LogP contribution in [0.3, 0.4) is 0 Å². The van der Waals surface area contributed by atoms with Gasteiger partial charge in [0.1, 0.15) is 54.1 Å². The Labute approximate surface area is 411 Å². The highest BCUT2D eigenvalue weighted by atomic mass is 16.4. The van der Waals surface area contributed by atoms with Gasteiger partial charge in [-0.25, -0.2) is 4.79 Å². The molecule has 71 heavy (non-hydrogen) atoms. The van der Waals surface area contributed by atoms with E-state index in [1.54, 1.807) is 0 Å². The number of amides is 8. The summed E-state index contributed by atoms with van der Waals surface area (Å²) in [5.41, 5.74) is 17.4. The third kappa shape index (κ3) is 16.0. The molecule has 1 aromatic rings. The Kier molecular flexibility index (Phi) is 22.4. The van der Waals surface area contributed by atoms with Crippen LogP contribution in [0.1, 0.15) is 90.0 Å². The van der Waals surface area contributed by atoms with E-state index in [2.05, 4.69) is 26.6 Å². The van der Waals surface area contributed by atoms with Crippen molar-refractivity contribution < 1.29 is 68.7 Å². The van der Waals surface area contributed by atoms with E-state index in [4.69, 9.17) is 17.2 Å². The number of aliphatic hydroxyl groups excluding tert-OH is 3. The van der Waals surface area contributed by atoms with Gasteiger partial charge < -0.3 is 84.0 Å². The number of nitrogens with one attached hydrogen (secondary N) is 5. The maximum atomic E-state index is 14.4. The van der Waals surface area contributed by atoms with Gasteiger partial charge in [0, 0.05) is 32.5 Å². The number of hydrogen-bond acceptors (Lipinski definition) is 16. The number of carbonyl (C=O) groups is 9. The first kappa shape index (κ1) is 57.6. The second kappa shape index (κ2) is 27.6. The van der Waals surface area contributed by atoms with Crippen molar-refractivity contribution >= 4 is 53.2 Å². The first-order valence-corrected chi connectivity index (χ1v) is 24.3. The van der Waals surface area contributed by atoms with Crippen LogP contribution in [-0.2, 0) is 49.6 Å². The Hall–Kier alpha value is -5.99. The smallest absolute Gasteiger partial charge is 0.326 e. The van der Waals surface area contributed by atoms with Gasteiger partial charge in [0.05, 0.1) is 24.9 Å². The minimum atomic E-state index is -1.71. The molecule has 25 heteroatoms. The summed E-state index contributed by atoms with van der Waals surface area (Å²) in [6, 6.07) is -5.94. The Morgan fingerprint density at radius 1 is 0.662 bits per heavy atom. The zero-order valence-corrected chi connectivity index (χ0v) is 40.4. The van der Waals surface area contributed by atoms with Gasteiger partial charge in [-0.15, -0.1) is 0 Å². The summed E-state index contributed by atoms with van der Waals surface area (Å²) in [5.74, 6) is -7.70. The van der Waals surface area contributed by atoms with Crippen LogP contribution < -0.4 is 43.8 Å². The summed E-state index contributed by atoms with van der Waals surface area (Å²) in [5, 5.41) is 64.1. The molecule has 3 aliphatic rings. The summed E-state index contributed by atoms with van der Waals surface area (Å²) >= 11 is 0. The fourth-order valence-corrected chi connectivity index (χ4v) is 9.02. The molecular weight excluding hydrogens is 931 g/mol. The van der Waals surface area contributed by atoms with Gasteiger partial charge in [-0.1, -0.05) is 12.1 Å². The minimum Gasteiger partial charge on any atom is -0.508 e. The van der Waals surface area contributed by atoms with Crippen LogP contribution in [0.15, 0.2) is 24.3 Å². The Bertz CT molecular complexity index is 2030. The number of phenolic OH excluding ortho intramolecular Hbond substituents is 1. The molecule has 3 fully saturated rings. The molecule has 0 saturated carbocycles. The normalized spacial score (nSPS) is 21.8. The molecule has 3 aliphatic heterocycles. The predicted molar refractivity (Wildman–Crippen MR) is 253 cm³/mol. The molecule has 11 atom stereocenters. The van der Waals surface area contributed by atoms with Crippen molar-refractivity contribution in [2.45, 2.75) is 157 Å². The van der Waals surface area contributed by atoms with Crippen molar-refractivity contribution in [1.29, 1.82) is 0 Å². The molecule has 25 nitrogen and oxygen atoms in total. The van der Waals surface area contributed by atoms with Gasteiger partial charge in [-0.3, -0.25) is 38.4 Å². The number of aromatic hydroxyl groups is 1. The van der Waals surface area contributed by atoms with Crippen molar-refractivity contribution in [3.63, 3.8) is 0 Å². The lowest BCUT2D eigenvalue weighted by Crippen LogP contribution is -2.62. The van der Waals surface area contributed by atoms with Crippen molar-refractivity contribution in [3.05, 3.63) is 29.8 Å². The lowest BCUT2D eigenvalue weighted by atomic mass is 10.0. The number of carbonyl (C=O) groups excluding carboxylic acids is 8. The molecule has 1 aromatic carbocycles. The number of aliphatic hydroxyl groups is 3. The first-order chi connectivity index (χ1) is 33.7. The number of benzene rings is 1. The molecule has 3 saturated heterocycles. The van der Waals surface area contributed by atoms with E-state index in [1.165, 1.54) is 43.0 Å². The van der Waals surface area contributed by atoms with Gasteiger partial charge in [-0.05, 0) is 109 Å². The molecule has 0 aliphatic carbocycles. The Morgan fingerprint density at radius 3 is 1.68 bits per heavy atom. The second-order valence-electron chi connectivity index (χ2n) is 18.5. The van der Waals surface area contributed by atoms with Gasteiger partial charge in [0.2, 0.25) is 47.3 Å². The number of likely N-dealkylation sites (tertiary alicyclic amines) is 3. The highest BCUT2D eigenvalue weighted by Gasteiger charge is 2.45. The number of nitrogens with zero attached hydrogens (tertiary/aromatic N) is 3. The first-order valence-electron chi connectivity index (χ1n) is 24.3. The van der Waals surface area contributed by atoms with Crippen LogP contribution in [0, 0.1) is 0 Å². The van der Waals surface area contributed by atoms with Crippen LogP contribution in [-0.4, -0.2) is 199 Å². The molecule has 0 unspecified atom stereocenters. The molecule has 16 N–H and O–H groups in total. The number of carboxylic acid groups (broad SMARTS) is 1. The maximum absolute atomic E-state index is 14.4. The molecule has 396 valence electrons. The zero-order valence-electron chi connectivity index (χ0n) is 40.4. The van der Waals surface area contributed by atoms with E-state index in [0.717, 1.165) is 9.80 Å². The maximum Gasteiger partial charge on any atom is 0.326 e. The predicted octanol–water partition coefficient (Wildman–Crippen LogP) is -4.63. The molecular formula is C46H73N11O14. The van der Waals surface area contributed by atoms with Gasteiger partial charge >= 0.3 is 5.97 Å². The number of rotatable bonds is 26. The third-order valence-corrected chi connectivity index (χ3v) is 12.9. The molecule has 0 spiro atoms. The number of β-amino-alcohol motifs (C(OH)–C–C–N with tert-alkyl or cyclic N) is 1. The van der Waals surface area contributed by atoms with E-state index >= 15 is 0 Å². The number of phenols is 1. The van der Waals surface area contributed by atoms with Crippen LogP contribution >= 0.6 is 0 Å². The third-order valence-electron chi connectivity index (χ3n) is 12.9. The summed E-state index contributed by atoms with van der Waals surface area (Å²) in [7, 11) is 0. The topological polar surface area (TPSA) is 403 Å². The van der Waals surface area contributed by atoms with Crippen molar-refractivity contribution in [2.75, 3.05) is 39.3 Å². The average molecular weight is 1000 g/mol. The highest BCUT2D eigenvalue weighted by Crippen LogP contribution is 2.24. The number of aliphatic carboxylic acids is 1. The van der Waals surface area contributed by atoms with Crippen molar-refractivity contribution in [2.24, 2.45) is 17.2 Å². The standard InChI is InChI=1S/C46H73N11O14/c1-25(49)38(62)50-30(9-3-5-17-47)43(67)57-23-29(61)22-36(57)41(65)53-33(24-58)45(69)56-20-8-12-35(56)40(64)54-37(26(2)59)42(66)52-32(21-27-13-15-28(60)16-14-27)44(68)55-19-7-11-34(55)39(63)51-31(46(70)71)10-4-6-18-48/h13-16,25-26,29-37,58-61H,3-12,17-24,47-49H2,1-2H3,(H,50,62)(H,51,63)(H,52,66)(H,53,65)(H,54,64)(H,70,71)/t25-,26+,29+,30-,31-,32-,33-,34-,35-,36-,37-/m0/s1. The van der Waals surface area contributed by atoms with E-state index in [0.29, 0.717) is 50.8 Å². The van der Waals surface area contributed by atoms with E-state index in [-0.39, 0.29) is 70.3 Å². The minimum absolute atomic E-state index is 0.0139.